The normalized spacial score (nSPS) is 14.3. The zero-order valence-corrected chi connectivity index (χ0v) is 10.0. The Bertz CT molecular complexity index is 176. The van der Waals surface area contributed by atoms with Gasteiger partial charge >= 0.3 is 0 Å². The molecule has 0 unspecified atom stereocenters. The van der Waals surface area contributed by atoms with Crippen molar-refractivity contribution < 1.29 is 0 Å². The Morgan fingerprint density at radius 1 is 1.23 bits per heavy atom. The van der Waals surface area contributed by atoms with Gasteiger partial charge in [0.2, 0.25) is 0 Å². The van der Waals surface area contributed by atoms with Crippen molar-refractivity contribution in [1.29, 1.82) is 0 Å². The van der Waals surface area contributed by atoms with E-state index in [2.05, 4.69) is 47.6 Å². The molecule has 0 aromatic heterocycles. The summed E-state index contributed by atoms with van der Waals surface area (Å²) in [5.41, 5.74) is 7.27. The van der Waals surface area contributed by atoms with E-state index < -0.39 is 0 Å². The van der Waals surface area contributed by atoms with Crippen molar-refractivity contribution in [3.8, 4) is 0 Å². The highest BCUT2D eigenvalue weighted by molar-refractivity contribution is 5.01. The van der Waals surface area contributed by atoms with Crippen LogP contribution in [0.3, 0.4) is 0 Å². The average molecular weight is 183 g/mol. The number of allylic oxidation sites excluding steroid dienone is 2. The Kier molecular flexibility index (Phi) is 4.52. The molecule has 0 aromatic carbocycles. The van der Waals surface area contributed by atoms with E-state index in [4.69, 9.17) is 5.73 Å². The fourth-order valence-electron chi connectivity index (χ4n) is 0.852. The minimum absolute atomic E-state index is 0.361. The van der Waals surface area contributed by atoms with E-state index in [0.29, 0.717) is 17.3 Å². The lowest BCUT2D eigenvalue weighted by molar-refractivity contribution is 0.252. The lowest BCUT2D eigenvalue weighted by Crippen LogP contribution is -2.19. The molecular weight excluding hydrogens is 158 g/mol. The highest BCUT2D eigenvalue weighted by Gasteiger charge is 2.20. The summed E-state index contributed by atoms with van der Waals surface area (Å²) in [6.07, 6.45) is 3.26. The van der Waals surface area contributed by atoms with Gasteiger partial charge in [-0.25, -0.2) is 0 Å². The van der Waals surface area contributed by atoms with E-state index in [1.54, 1.807) is 0 Å². The van der Waals surface area contributed by atoms with Crippen LogP contribution >= 0.6 is 0 Å². The quantitative estimate of drug-likeness (QED) is 0.708. The fourth-order valence-corrected chi connectivity index (χ4v) is 0.852. The third kappa shape index (κ3) is 4.35. The van der Waals surface area contributed by atoms with Crippen molar-refractivity contribution in [3.05, 3.63) is 11.8 Å². The van der Waals surface area contributed by atoms with Crippen LogP contribution in [-0.4, -0.2) is 0 Å². The van der Waals surface area contributed by atoms with Crippen LogP contribution < -0.4 is 5.73 Å². The van der Waals surface area contributed by atoms with Gasteiger partial charge in [0, 0.05) is 5.70 Å². The summed E-state index contributed by atoms with van der Waals surface area (Å²) < 4.78 is 0. The topological polar surface area (TPSA) is 26.0 Å². The molecule has 0 heterocycles. The van der Waals surface area contributed by atoms with Crippen molar-refractivity contribution >= 4 is 0 Å². The molecule has 0 spiro atoms. The largest absolute Gasteiger partial charge is 0.402 e. The Labute approximate surface area is 83.4 Å². The van der Waals surface area contributed by atoms with E-state index in [0.717, 1.165) is 12.1 Å². The maximum Gasteiger partial charge on any atom is 0.00661 e. The maximum atomic E-state index is 5.88. The van der Waals surface area contributed by atoms with Crippen LogP contribution in [0.2, 0.25) is 0 Å². The Balaban J connectivity index is 4.22. The van der Waals surface area contributed by atoms with Gasteiger partial charge in [-0.15, -0.1) is 0 Å². The van der Waals surface area contributed by atoms with Crippen molar-refractivity contribution in [1.82, 2.24) is 0 Å². The van der Waals surface area contributed by atoms with Crippen LogP contribution in [0, 0.1) is 17.3 Å². The summed E-state index contributed by atoms with van der Waals surface area (Å²) in [7, 11) is 0. The van der Waals surface area contributed by atoms with Crippen molar-refractivity contribution in [2.24, 2.45) is 23.0 Å². The number of nitrogens with two attached hydrogens (primary N) is 1. The first-order chi connectivity index (χ1) is 5.77. The molecule has 0 saturated carbocycles. The van der Waals surface area contributed by atoms with Gasteiger partial charge in [0.1, 0.15) is 0 Å². The summed E-state index contributed by atoms with van der Waals surface area (Å²) in [6, 6.07) is 0. The molecule has 1 nitrogen and oxygen atoms in total. The van der Waals surface area contributed by atoms with Crippen LogP contribution in [0.15, 0.2) is 11.8 Å². The molecular formula is C12H25N. The average Bonchev–Trinajstić information content (AvgIpc) is 1.99. The van der Waals surface area contributed by atoms with E-state index >= 15 is 0 Å². The summed E-state index contributed by atoms with van der Waals surface area (Å²) in [6.45, 7) is 13.4. The Morgan fingerprint density at radius 3 is 2.00 bits per heavy atom. The zero-order valence-electron chi connectivity index (χ0n) is 10.0. The van der Waals surface area contributed by atoms with Crippen LogP contribution in [0.5, 0.6) is 0 Å². The van der Waals surface area contributed by atoms with Crippen molar-refractivity contribution in [2.45, 2.75) is 48.0 Å². The SMILES string of the molecule is CC(C)/C(N)=C/CC(C)(C)C(C)C. The van der Waals surface area contributed by atoms with Gasteiger partial charge in [-0.3, -0.25) is 0 Å². The molecule has 78 valence electrons. The molecule has 0 bridgehead atoms. The van der Waals surface area contributed by atoms with Gasteiger partial charge in [-0.1, -0.05) is 47.6 Å². The standard InChI is InChI=1S/C12H25N/c1-9(2)11(13)7-8-12(5,6)10(3)4/h7,9-10H,8,13H2,1-6H3/b11-7-. The van der Waals surface area contributed by atoms with Crippen molar-refractivity contribution in [2.75, 3.05) is 0 Å². The van der Waals surface area contributed by atoms with Gasteiger partial charge in [-0.2, -0.15) is 0 Å². The number of hydrogen-bond donors (Lipinski definition) is 1. The van der Waals surface area contributed by atoms with Gasteiger partial charge in [0.15, 0.2) is 0 Å². The molecule has 0 fully saturated rings. The van der Waals surface area contributed by atoms with E-state index in [9.17, 15) is 0 Å². The van der Waals surface area contributed by atoms with Crippen LogP contribution in [-0.2, 0) is 0 Å². The van der Waals surface area contributed by atoms with Crippen LogP contribution in [0.1, 0.15) is 48.0 Å². The molecule has 0 aliphatic carbocycles. The second-order valence-corrected chi connectivity index (χ2v) is 5.21. The monoisotopic (exact) mass is 183 g/mol. The van der Waals surface area contributed by atoms with Gasteiger partial charge < -0.3 is 5.73 Å². The van der Waals surface area contributed by atoms with Gasteiger partial charge in [0.25, 0.3) is 0 Å². The summed E-state index contributed by atoms with van der Waals surface area (Å²) in [5.74, 6) is 1.17. The number of rotatable bonds is 4. The molecule has 0 atom stereocenters. The van der Waals surface area contributed by atoms with Gasteiger partial charge in [0.05, 0.1) is 0 Å². The van der Waals surface area contributed by atoms with Crippen LogP contribution in [0.4, 0.5) is 0 Å². The molecule has 1 heteroatoms. The second kappa shape index (κ2) is 4.69. The minimum atomic E-state index is 0.361. The fraction of sp³-hybridized carbons (Fsp3) is 0.833. The Morgan fingerprint density at radius 2 is 1.69 bits per heavy atom. The van der Waals surface area contributed by atoms with Gasteiger partial charge in [-0.05, 0) is 23.7 Å². The molecule has 0 aromatic rings. The molecule has 0 radical (unpaired) electrons. The molecule has 0 rings (SSSR count). The molecule has 0 aliphatic rings. The molecule has 0 amide bonds. The zero-order chi connectivity index (χ0) is 10.6. The summed E-state index contributed by atoms with van der Waals surface area (Å²) >= 11 is 0. The third-order valence-electron chi connectivity index (χ3n) is 3.09. The van der Waals surface area contributed by atoms with Crippen LogP contribution in [0.25, 0.3) is 0 Å². The first-order valence-electron chi connectivity index (χ1n) is 5.23. The van der Waals surface area contributed by atoms with Crippen molar-refractivity contribution in [3.63, 3.8) is 0 Å². The Hall–Kier alpha value is -0.460. The maximum absolute atomic E-state index is 5.88. The lowest BCUT2D eigenvalue weighted by Gasteiger charge is -2.28. The highest BCUT2D eigenvalue weighted by atomic mass is 14.6. The predicted octanol–water partition coefficient (Wildman–Crippen LogP) is 3.56. The molecule has 0 saturated heterocycles. The highest BCUT2D eigenvalue weighted by Crippen LogP contribution is 2.30. The van der Waals surface area contributed by atoms with E-state index in [1.807, 2.05) is 0 Å². The first-order valence-corrected chi connectivity index (χ1v) is 5.23. The minimum Gasteiger partial charge on any atom is -0.402 e. The molecule has 2 N–H and O–H groups in total. The third-order valence-corrected chi connectivity index (χ3v) is 3.09. The van der Waals surface area contributed by atoms with E-state index in [-0.39, 0.29) is 0 Å². The predicted molar refractivity (Wildman–Crippen MR) is 60.3 cm³/mol. The lowest BCUT2D eigenvalue weighted by atomic mass is 9.78. The smallest absolute Gasteiger partial charge is 0.00661 e. The second-order valence-electron chi connectivity index (χ2n) is 5.21. The molecule has 0 aliphatic heterocycles. The summed E-state index contributed by atoms with van der Waals surface area (Å²) in [5, 5.41) is 0. The molecule has 13 heavy (non-hydrogen) atoms. The first kappa shape index (κ1) is 12.5. The number of hydrogen-bond acceptors (Lipinski definition) is 1. The summed E-state index contributed by atoms with van der Waals surface area (Å²) in [4.78, 5) is 0. The van der Waals surface area contributed by atoms with E-state index in [1.165, 1.54) is 0 Å².